The number of carbonyl (C=O) groups is 1. The van der Waals surface area contributed by atoms with Crippen LogP contribution in [0, 0.1) is 0 Å². The van der Waals surface area contributed by atoms with Crippen molar-refractivity contribution in [3.63, 3.8) is 0 Å². The Kier molecular flexibility index (Phi) is 6.74. The van der Waals surface area contributed by atoms with Crippen molar-refractivity contribution in [1.29, 1.82) is 0 Å². The highest BCUT2D eigenvalue weighted by molar-refractivity contribution is 5.78. The van der Waals surface area contributed by atoms with Gasteiger partial charge in [-0.2, -0.15) is 0 Å². The molecule has 0 spiro atoms. The van der Waals surface area contributed by atoms with Gasteiger partial charge >= 0.3 is 0 Å². The molecule has 0 bridgehead atoms. The SMILES string of the molecule is COc1ccc(N2CCN(C(=O)CN3CCCCC3CCO)CC2)cc1. The highest BCUT2D eigenvalue weighted by Gasteiger charge is 2.27. The van der Waals surface area contributed by atoms with Gasteiger partial charge in [-0.25, -0.2) is 0 Å². The third kappa shape index (κ3) is 4.68. The number of aliphatic hydroxyl groups excluding tert-OH is 1. The van der Waals surface area contributed by atoms with E-state index < -0.39 is 0 Å². The Balaban J connectivity index is 1.49. The van der Waals surface area contributed by atoms with Crippen LogP contribution in [0.1, 0.15) is 25.7 Å². The van der Waals surface area contributed by atoms with Crippen LogP contribution in [-0.2, 0) is 4.79 Å². The van der Waals surface area contributed by atoms with Crippen molar-refractivity contribution in [1.82, 2.24) is 9.80 Å². The normalized spacial score (nSPS) is 21.7. The minimum atomic E-state index is 0.204. The third-order valence-electron chi connectivity index (χ3n) is 5.62. The van der Waals surface area contributed by atoms with Gasteiger partial charge in [0, 0.05) is 44.5 Å². The maximum atomic E-state index is 12.7. The second-order valence-electron chi connectivity index (χ2n) is 7.20. The third-order valence-corrected chi connectivity index (χ3v) is 5.62. The highest BCUT2D eigenvalue weighted by Crippen LogP contribution is 2.22. The summed E-state index contributed by atoms with van der Waals surface area (Å²) in [5.41, 5.74) is 1.18. The summed E-state index contributed by atoms with van der Waals surface area (Å²) in [7, 11) is 1.67. The molecule has 1 atom stereocenters. The fourth-order valence-corrected chi connectivity index (χ4v) is 4.02. The fourth-order valence-electron chi connectivity index (χ4n) is 4.02. The molecule has 1 amide bonds. The predicted molar refractivity (Wildman–Crippen MR) is 103 cm³/mol. The van der Waals surface area contributed by atoms with E-state index in [4.69, 9.17) is 4.74 Å². The second kappa shape index (κ2) is 9.24. The van der Waals surface area contributed by atoms with Crippen LogP contribution in [0.25, 0.3) is 0 Å². The standard InChI is InChI=1S/C20H31N3O3/c1-26-19-7-5-18(6-8-19)21-11-13-22(14-12-21)20(25)16-23-10-3-2-4-17(23)9-15-24/h5-8,17,24H,2-4,9-16H2,1H3. The average Bonchev–Trinajstić information content (AvgIpc) is 2.70. The Hall–Kier alpha value is -1.79. The minimum absolute atomic E-state index is 0.204. The summed E-state index contributed by atoms with van der Waals surface area (Å²) >= 11 is 0. The van der Waals surface area contributed by atoms with Gasteiger partial charge < -0.3 is 19.6 Å². The van der Waals surface area contributed by atoms with Gasteiger partial charge in [0.1, 0.15) is 5.75 Å². The van der Waals surface area contributed by atoms with Crippen molar-refractivity contribution < 1.29 is 14.6 Å². The highest BCUT2D eigenvalue weighted by atomic mass is 16.5. The number of rotatable bonds is 6. The first-order valence-corrected chi connectivity index (χ1v) is 9.73. The molecule has 26 heavy (non-hydrogen) atoms. The van der Waals surface area contributed by atoms with E-state index in [1.165, 1.54) is 12.1 Å². The maximum absolute atomic E-state index is 12.7. The van der Waals surface area contributed by atoms with Crippen LogP contribution >= 0.6 is 0 Å². The van der Waals surface area contributed by atoms with E-state index >= 15 is 0 Å². The number of nitrogens with zero attached hydrogens (tertiary/aromatic N) is 3. The van der Waals surface area contributed by atoms with Crippen molar-refractivity contribution in [3.8, 4) is 5.75 Å². The maximum Gasteiger partial charge on any atom is 0.236 e. The minimum Gasteiger partial charge on any atom is -0.497 e. The Labute approximate surface area is 156 Å². The number of ether oxygens (including phenoxy) is 1. The van der Waals surface area contributed by atoms with E-state index in [9.17, 15) is 9.90 Å². The summed E-state index contributed by atoms with van der Waals surface area (Å²) in [5.74, 6) is 1.09. The van der Waals surface area contributed by atoms with E-state index in [-0.39, 0.29) is 12.5 Å². The molecule has 2 fully saturated rings. The molecule has 1 aromatic rings. The first-order chi connectivity index (χ1) is 12.7. The summed E-state index contributed by atoms with van der Waals surface area (Å²) in [6, 6.07) is 8.46. The van der Waals surface area contributed by atoms with E-state index in [0.717, 1.165) is 57.7 Å². The summed E-state index contributed by atoms with van der Waals surface area (Å²) in [6.07, 6.45) is 4.23. The van der Waals surface area contributed by atoms with Gasteiger partial charge in [-0.3, -0.25) is 9.69 Å². The van der Waals surface area contributed by atoms with Crippen LogP contribution < -0.4 is 9.64 Å². The molecule has 0 aromatic heterocycles. The number of piperazine rings is 1. The quantitative estimate of drug-likeness (QED) is 0.834. The fraction of sp³-hybridized carbons (Fsp3) is 0.650. The van der Waals surface area contributed by atoms with Gasteiger partial charge in [-0.05, 0) is 50.1 Å². The van der Waals surface area contributed by atoms with Crippen LogP contribution in [-0.4, -0.2) is 79.8 Å². The number of anilines is 1. The van der Waals surface area contributed by atoms with Gasteiger partial charge in [-0.15, -0.1) is 0 Å². The number of hydrogen-bond acceptors (Lipinski definition) is 5. The van der Waals surface area contributed by atoms with Gasteiger partial charge in [0.25, 0.3) is 0 Å². The number of carbonyl (C=O) groups excluding carboxylic acids is 1. The lowest BCUT2D eigenvalue weighted by Gasteiger charge is -2.39. The molecular weight excluding hydrogens is 330 g/mol. The number of likely N-dealkylation sites (tertiary alicyclic amines) is 1. The van der Waals surface area contributed by atoms with Crippen LogP contribution in [0.2, 0.25) is 0 Å². The molecule has 2 heterocycles. The molecule has 2 aliphatic rings. The van der Waals surface area contributed by atoms with Gasteiger partial charge in [0.05, 0.1) is 13.7 Å². The van der Waals surface area contributed by atoms with Crippen LogP contribution in [0.4, 0.5) is 5.69 Å². The van der Waals surface area contributed by atoms with Crippen LogP contribution in [0.15, 0.2) is 24.3 Å². The zero-order chi connectivity index (χ0) is 18.4. The van der Waals surface area contributed by atoms with E-state index in [1.807, 2.05) is 17.0 Å². The molecule has 2 aliphatic heterocycles. The van der Waals surface area contributed by atoms with E-state index in [0.29, 0.717) is 12.6 Å². The number of methoxy groups -OCH3 is 1. The molecule has 0 saturated carbocycles. The molecule has 3 rings (SSSR count). The lowest BCUT2D eigenvalue weighted by molar-refractivity contribution is -0.133. The van der Waals surface area contributed by atoms with Crippen molar-refractivity contribution in [3.05, 3.63) is 24.3 Å². The first kappa shape index (κ1) is 19.0. The van der Waals surface area contributed by atoms with Crippen molar-refractivity contribution in [2.75, 3.05) is 57.9 Å². The monoisotopic (exact) mass is 361 g/mol. The molecule has 0 radical (unpaired) electrons. The lowest BCUT2D eigenvalue weighted by atomic mass is 9.99. The van der Waals surface area contributed by atoms with Crippen LogP contribution in [0.3, 0.4) is 0 Å². The molecule has 6 heteroatoms. The topological polar surface area (TPSA) is 56.2 Å². The number of aliphatic hydroxyl groups is 1. The van der Waals surface area contributed by atoms with Crippen LogP contribution in [0.5, 0.6) is 5.75 Å². The Morgan fingerprint density at radius 3 is 2.50 bits per heavy atom. The Bertz CT molecular complexity index is 568. The average molecular weight is 361 g/mol. The Morgan fingerprint density at radius 1 is 1.12 bits per heavy atom. The van der Waals surface area contributed by atoms with Gasteiger partial charge in [0.15, 0.2) is 0 Å². The first-order valence-electron chi connectivity index (χ1n) is 9.73. The molecule has 6 nitrogen and oxygen atoms in total. The summed E-state index contributed by atoms with van der Waals surface area (Å²) < 4.78 is 5.21. The largest absolute Gasteiger partial charge is 0.497 e. The van der Waals surface area contributed by atoms with E-state index in [2.05, 4.69) is 21.9 Å². The second-order valence-corrected chi connectivity index (χ2v) is 7.20. The zero-order valence-corrected chi connectivity index (χ0v) is 15.8. The smallest absolute Gasteiger partial charge is 0.236 e. The molecular formula is C20H31N3O3. The number of piperidine rings is 1. The summed E-state index contributed by atoms with van der Waals surface area (Å²) in [5, 5.41) is 9.25. The summed E-state index contributed by atoms with van der Waals surface area (Å²) in [4.78, 5) is 19.3. The van der Waals surface area contributed by atoms with Gasteiger partial charge in [0.2, 0.25) is 5.91 Å². The van der Waals surface area contributed by atoms with Crippen molar-refractivity contribution in [2.45, 2.75) is 31.7 Å². The van der Waals surface area contributed by atoms with E-state index in [1.54, 1.807) is 7.11 Å². The van der Waals surface area contributed by atoms with Crippen molar-refractivity contribution >= 4 is 11.6 Å². The number of amides is 1. The summed E-state index contributed by atoms with van der Waals surface area (Å²) in [6.45, 7) is 4.92. The molecule has 144 valence electrons. The number of hydrogen-bond donors (Lipinski definition) is 1. The molecule has 1 N–H and O–H groups in total. The molecule has 1 unspecified atom stereocenters. The molecule has 2 saturated heterocycles. The molecule has 0 aliphatic carbocycles. The number of benzene rings is 1. The zero-order valence-electron chi connectivity index (χ0n) is 15.8. The van der Waals surface area contributed by atoms with Crippen molar-refractivity contribution in [2.24, 2.45) is 0 Å². The Morgan fingerprint density at radius 2 is 1.85 bits per heavy atom. The lowest BCUT2D eigenvalue weighted by Crippen LogP contribution is -2.53. The molecule has 1 aromatic carbocycles. The predicted octanol–water partition coefficient (Wildman–Crippen LogP) is 1.58. The van der Waals surface area contributed by atoms with Gasteiger partial charge in [-0.1, -0.05) is 6.42 Å².